The van der Waals surface area contributed by atoms with Gasteiger partial charge in [-0.1, -0.05) is 6.92 Å². The minimum atomic E-state index is -0.289. The lowest BCUT2D eigenvalue weighted by Crippen LogP contribution is -2.43. The first-order chi connectivity index (χ1) is 12.3. The van der Waals surface area contributed by atoms with E-state index in [1.807, 2.05) is 13.8 Å². The van der Waals surface area contributed by atoms with E-state index in [-0.39, 0.29) is 30.1 Å². The highest BCUT2D eigenvalue weighted by molar-refractivity contribution is 5.95. The third-order valence-electron chi connectivity index (χ3n) is 4.90. The van der Waals surface area contributed by atoms with Crippen molar-refractivity contribution in [3.8, 4) is 0 Å². The molecule has 1 fully saturated rings. The van der Waals surface area contributed by atoms with Crippen molar-refractivity contribution in [3.63, 3.8) is 0 Å². The summed E-state index contributed by atoms with van der Waals surface area (Å²) in [4.78, 5) is 39.9. The van der Waals surface area contributed by atoms with Crippen molar-refractivity contribution < 1.29 is 18.8 Å². The smallest absolute Gasteiger partial charge is 0.257 e. The predicted molar refractivity (Wildman–Crippen MR) is 97.5 cm³/mol. The first-order valence-electron chi connectivity index (χ1n) is 9.26. The van der Waals surface area contributed by atoms with E-state index in [9.17, 15) is 14.4 Å². The van der Waals surface area contributed by atoms with Gasteiger partial charge in [-0.15, -0.1) is 0 Å². The molecule has 0 radical (unpaired) electrons. The largest absolute Gasteiger partial charge is 0.466 e. The number of hydrogen-bond donors (Lipinski definition) is 1. The van der Waals surface area contributed by atoms with Crippen molar-refractivity contribution >= 4 is 17.7 Å². The van der Waals surface area contributed by atoms with Gasteiger partial charge in [0.25, 0.3) is 5.91 Å². The number of amides is 3. The molecule has 1 aliphatic rings. The Kier molecular flexibility index (Phi) is 6.83. The second-order valence-electron chi connectivity index (χ2n) is 6.93. The van der Waals surface area contributed by atoms with Crippen LogP contribution in [-0.2, 0) is 9.59 Å². The number of carbonyl (C=O) groups excluding carboxylic acids is 3. The summed E-state index contributed by atoms with van der Waals surface area (Å²) in [7, 11) is 0. The zero-order valence-electron chi connectivity index (χ0n) is 15.9. The molecular weight excluding hydrogens is 334 g/mol. The maximum absolute atomic E-state index is 12.8. The van der Waals surface area contributed by atoms with Crippen LogP contribution in [0.3, 0.4) is 0 Å². The van der Waals surface area contributed by atoms with Crippen molar-refractivity contribution in [1.29, 1.82) is 0 Å². The molecule has 0 aliphatic carbocycles. The van der Waals surface area contributed by atoms with Crippen molar-refractivity contribution in [3.05, 3.63) is 23.2 Å². The molecule has 0 atom stereocenters. The summed E-state index contributed by atoms with van der Waals surface area (Å²) in [6.45, 7) is 7.67. The molecule has 2 heterocycles. The summed E-state index contributed by atoms with van der Waals surface area (Å²) in [6, 6.07) is 1.75. The van der Waals surface area contributed by atoms with Gasteiger partial charge in [-0.25, -0.2) is 0 Å². The number of hydrogen-bond acceptors (Lipinski definition) is 4. The molecule has 3 amide bonds. The number of furan rings is 1. The van der Waals surface area contributed by atoms with Crippen molar-refractivity contribution in [2.24, 2.45) is 11.7 Å². The Labute approximate surface area is 154 Å². The zero-order valence-corrected chi connectivity index (χ0v) is 15.9. The Morgan fingerprint density at radius 1 is 1.23 bits per heavy atom. The SMILES string of the molecule is CCCN(CCC(=O)N1CCC(C(N)=O)CC1)C(=O)c1cc(C)oc1C. The summed E-state index contributed by atoms with van der Waals surface area (Å²) in [5.41, 5.74) is 5.89. The highest BCUT2D eigenvalue weighted by atomic mass is 16.3. The number of piperidine rings is 1. The van der Waals surface area contributed by atoms with Gasteiger partial charge in [0.1, 0.15) is 11.5 Å². The second kappa shape index (κ2) is 8.87. The van der Waals surface area contributed by atoms with Gasteiger partial charge in [-0.3, -0.25) is 14.4 Å². The van der Waals surface area contributed by atoms with Crippen LogP contribution in [0.4, 0.5) is 0 Å². The molecule has 2 N–H and O–H groups in total. The molecule has 0 saturated carbocycles. The van der Waals surface area contributed by atoms with Crippen LogP contribution in [-0.4, -0.2) is 53.7 Å². The zero-order chi connectivity index (χ0) is 19.3. The van der Waals surface area contributed by atoms with Gasteiger partial charge in [0, 0.05) is 38.5 Å². The highest BCUT2D eigenvalue weighted by Gasteiger charge is 2.27. The van der Waals surface area contributed by atoms with E-state index >= 15 is 0 Å². The minimum Gasteiger partial charge on any atom is -0.466 e. The molecule has 0 aromatic carbocycles. The summed E-state index contributed by atoms with van der Waals surface area (Å²) in [5.74, 6) is 0.805. The second-order valence-corrected chi connectivity index (χ2v) is 6.93. The number of carbonyl (C=O) groups is 3. The van der Waals surface area contributed by atoms with E-state index in [1.165, 1.54) is 0 Å². The fourth-order valence-electron chi connectivity index (χ4n) is 3.40. The van der Waals surface area contributed by atoms with Crippen molar-refractivity contribution in [2.75, 3.05) is 26.2 Å². The third-order valence-corrected chi connectivity index (χ3v) is 4.90. The number of likely N-dealkylation sites (tertiary alicyclic amines) is 1. The number of aryl methyl sites for hydroxylation is 2. The van der Waals surface area contributed by atoms with Crippen LogP contribution in [0.2, 0.25) is 0 Å². The average Bonchev–Trinajstić information content (AvgIpc) is 2.96. The molecule has 26 heavy (non-hydrogen) atoms. The lowest BCUT2D eigenvalue weighted by Gasteiger charge is -2.31. The summed E-state index contributed by atoms with van der Waals surface area (Å²) < 4.78 is 5.45. The number of nitrogens with two attached hydrogens (primary N) is 1. The maximum Gasteiger partial charge on any atom is 0.257 e. The van der Waals surface area contributed by atoms with Gasteiger partial charge in [-0.2, -0.15) is 0 Å². The monoisotopic (exact) mass is 363 g/mol. The number of rotatable bonds is 7. The van der Waals surface area contributed by atoms with Crippen molar-refractivity contribution in [2.45, 2.75) is 46.5 Å². The van der Waals surface area contributed by atoms with Crippen LogP contribution < -0.4 is 5.73 Å². The first-order valence-corrected chi connectivity index (χ1v) is 9.26. The molecule has 1 saturated heterocycles. The van der Waals surface area contributed by atoms with Crippen LogP contribution >= 0.6 is 0 Å². The number of nitrogens with zero attached hydrogens (tertiary/aromatic N) is 2. The molecule has 1 aliphatic heterocycles. The molecule has 2 rings (SSSR count). The van der Waals surface area contributed by atoms with Crippen LogP contribution in [0.5, 0.6) is 0 Å². The Bertz CT molecular complexity index is 660. The summed E-state index contributed by atoms with van der Waals surface area (Å²) in [5, 5.41) is 0. The average molecular weight is 363 g/mol. The standard InChI is InChI=1S/C19H29N3O4/c1-4-8-22(19(25)16-12-13(2)26-14(16)3)11-7-17(23)21-9-5-15(6-10-21)18(20)24/h12,15H,4-11H2,1-3H3,(H2,20,24). The minimum absolute atomic E-state index is 0.0157. The van der Waals surface area contributed by atoms with Gasteiger partial charge in [0.05, 0.1) is 5.56 Å². The van der Waals surface area contributed by atoms with Crippen LogP contribution in [0.25, 0.3) is 0 Å². The fraction of sp³-hybridized carbons (Fsp3) is 0.632. The molecule has 0 bridgehead atoms. The van der Waals surface area contributed by atoms with Gasteiger partial charge < -0.3 is 20.0 Å². The number of primary amides is 1. The summed E-state index contributed by atoms with van der Waals surface area (Å²) in [6.07, 6.45) is 2.33. The Hall–Kier alpha value is -2.31. The molecule has 7 heteroatoms. The van der Waals surface area contributed by atoms with E-state index in [1.54, 1.807) is 22.8 Å². The fourth-order valence-corrected chi connectivity index (χ4v) is 3.40. The van der Waals surface area contributed by atoms with E-state index in [4.69, 9.17) is 10.2 Å². The highest BCUT2D eigenvalue weighted by Crippen LogP contribution is 2.19. The molecule has 0 unspecified atom stereocenters. The van der Waals surface area contributed by atoms with E-state index in [0.717, 1.165) is 6.42 Å². The Morgan fingerprint density at radius 3 is 2.38 bits per heavy atom. The quantitative estimate of drug-likeness (QED) is 0.799. The van der Waals surface area contributed by atoms with E-state index < -0.39 is 0 Å². The maximum atomic E-state index is 12.8. The van der Waals surface area contributed by atoms with Gasteiger partial charge >= 0.3 is 0 Å². The molecule has 144 valence electrons. The Balaban J connectivity index is 1.92. The normalized spacial score (nSPS) is 15.1. The lowest BCUT2D eigenvalue weighted by molar-refractivity contribution is -0.135. The van der Waals surface area contributed by atoms with Gasteiger partial charge in [0.15, 0.2) is 0 Å². The summed E-state index contributed by atoms with van der Waals surface area (Å²) >= 11 is 0. The molecule has 1 aromatic heterocycles. The van der Waals surface area contributed by atoms with Gasteiger partial charge in [-0.05, 0) is 39.2 Å². The lowest BCUT2D eigenvalue weighted by atomic mass is 9.96. The molecule has 7 nitrogen and oxygen atoms in total. The molecule has 1 aromatic rings. The topological polar surface area (TPSA) is 96.9 Å². The predicted octanol–water partition coefficient (Wildman–Crippen LogP) is 1.86. The van der Waals surface area contributed by atoms with Crippen LogP contribution in [0, 0.1) is 19.8 Å². The Morgan fingerprint density at radius 2 is 1.88 bits per heavy atom. The third kappa shape index (κ3) is 4.86. The van der Waals surface area contributed by atoms with Crippen LogP contribution in [0.15, 0.2) is 10.5 Å². The molecule has 0 spiro atoms. The van der Waals surface area contributed by atoms with E-state index in [2.05, 4.69) is 0 Å². The van der Waals surface area contributed by atoms with Crippen LogP contribution in [0.1, 0.15) is 54.5 Å². The van der Waals surface area contributed by atoms with E-state index in [0.29, 0.717) is 56.1 Å². The van der Waals surface area contributed by atoms with Gasteiger partial charge in [0.2, 0.25) is 11.8 Å². The van der Waals surface area contributed by atoms with Crippen molar-refractivity contribution in [1.82, 2.24) is 9.80 Å². The molecular formula is C19H29N3O4. The first kappa shape index (κ1) is 20.0.